The first-order valence-corrected chi connectivity index (χ1v) is 8.19. The zero-order chi connectivity index (χ0) is 15.9. The number of nitrogens with two attached hydrogens (primary N) is 1. The number of halogens is 1. The Bertz CT molecular complexity index is 440. The maximum absolute atomic E-state index is 11.8. The Balaban J connectivity index is 0.00000264. The molecule has 0 radical (unpaired) electrons. The smallest absolute Gasteiger partial charge is 0.242 e. The first-order chi connectivity index (χ1) is 10.6. The molecule has 0 spiro atoms. The van der Waals surface area contributed by atoms with Gasteiger partial charge in [-0.25, -0.2) is 4.99 Å². The summed E-state index contributed by atoms with van der Waals surface area (Å²) in [6.07, 6.45) is 4.60. The fraction of sp³-hybridized carbons (Fsp3) is 0.800. The summed E-state index contributed by atoms with van der Waals surface area (Å²) >= 11 is 0. The van der Waals surface area contributed by atoms with Gasteiger partial charge < -0.3 is 21.3 Å². The normalized spacial score (nSPS) is 21.3. The van der Waals surface area contributed by atoms with Gasteiger partial charge in [-0.2, -0.15) is 0 Å². The van der Waals surface area contributed by atoms with Crippen LogP contribution in [0.5, 0.6) is 0 Å². The predicted molar refractivity (Wildman–Crippen MR) is 101 cm³/mol. The molecular formula is C15H28IN5O2. The number of nitrogens with one attached hydrogen (secondary N) is 2. The Labute approximate surface area is 154 Å². The van der Waals surface area contributed by atoms with Gasteiger partial charge in [-0.3, -0.25) is 9.59 Å². The van der Waals surface area contributed by atoms with Gasteiger partial charge in [0, 0.05) is 32.1 Å². The van der Waals surface area contributed by atoms with Gasteiger partial charge in [0.05, 0.1) is 0 Å². The lowest BCUT2D eigenvalue weighted by molar-refractivity contribution is -0.120. The van der Waals surface area contributed by atoms with Crippen LogP contribution in [-0.2, 0) is 9.59 Å². The number of carbonyl (C=O) groups is 2. The van der Waals surface area contributed by atoms with Crippen molar-refractivity contribution in [3.63, 3.8) is 0 Å². The highest BCUT2D eigenvalue weighted by molar-refractivity contribution is 14.0. The van der Waals surface area contributed by atoms with Gasteiger partial charge >= 0.3 is 0 Å². The molecule has 4 N–H and O–H groups in total. The summed E-state index contributed by atoms with van der Waals surface area (Å²) in [5.41, 5.74) is 5.30. The topological polar surface area (TPSA) is 99.8 Å². The Morgan fingerprint density at radius 1 is 1.30 bits per heavy atom. The fourth-order valence-electron chi connectivity index (χ4n) is 2.78. The van der Waals surface area contributed by atoms with Crippen molar-refractivity contribution >= 4 is 41.8 Å². The van der Waals surface area contributed by atoms with Crippen LogP contribution in [0.4, 0.5) is 0 Å². The average Bonchev–Trinajstić information content (AvgIpc) is 3.27. The second-order valence-corrected chi connectivity index (χ2v) is 6.14. The summed E-state index contributed by atoms with van der Waals surface area (Å²) in [5.74, 6) is 0.749. The van der Waals surface area contributed by atoms with E-state index in [0.717, 1.165) is 51.3 Å². The molecule has 2 aliphatic rings. The van der Waals surface area contributed by atoms with Crippen molar-refractivity contribution in [1.29, 1.82) is 0 Å². The molecule has 2 rings (SSSR count). The van der Waals surface area contributed by atoms with Crippen molar-refractivity contribution in [1.82, 2.24) is 15.5 Å². The monoisotopic (exact) mass is 437 g/mol. The Hall–Kier alpha value is -1.06. The van der Waals surface area contributed by atoms with Crippen LogP contribution in [-0.4, -0.2) is 54.9 Å². The zero-order valence-corrected chi connectivity index (χ0v) is 16.0. The van der Waals surface area contributed by atoms with Crippen LogP contribution in [0.1, 0.15) is 39.0 Å². The number of hydrogen-bond acceptors (Lipinski definition) is 3. The third kappa shape index (κ3) is 7.36. The van der Waals surface area contributed by atoms with Crippen LogP contribution in [0, 0.1) is 5.92 Å². The van der Waals surface area contributed by atoms with Crippen molar-refractivity contribution < 1.29 is 9.59 Å². The molecule has 132 valence electrons. The molecule has 1 aliphatic carbocycles. The van der Waals surface area contributed by atoms with Gasteiger partial charge in [0.2, 0.25) is 11.8 Å². The van der Waals surface area contributed by atoms with Crippen molar-refractivity contribution in [3.8, 4) is 0 Å². The van der Waals surface area contributed by atoms with E-state index in [2.05, 4.69) is 20.5 Å². The number of primary amides is 1. The van der Waals surface area contributed by atoms with E-state index in [-0.39, 0.29) is 48.3 Å². The van der Waals surface area contributed by atoms with Crippen molar-refractivity contribution in [2.45, 2.75) is 45.1 Å². The molecule has 7 nitrogen and oxygen atoms in total. The van der Waals surface area contributed by atoms with E-state index in [1.807, 2.05) is 6.92 Å². The molecule has 8 heteroatoms. The van der Waals surface area contributed by atoms with E-state index < -0.39 is 0 Å². The molecule has 2 amide bonds. The van der Waals surface area contributed by atoms with Crippen molar-refractivity contribution in [2.75, 3.05) is 26.2 Å². The average molecular weight is 437 g/mol. The first kappa shape index (κ1) is 20.0. The SMILES string of the molecule is CCNC(=NCC(=O)NC1CC1)N1CCCC(CC(N)=O)C1.I. The third-order valence-corrected chi connectivity index (χ3v) is 3.96. The highest BCUT2D eigenvalue weighted by Gasteiger charge is 2.25. The van der Waals surface area contributed by atoms with Gasteiger partial charge in [-0.1, -0.05) is 0 Å². The number of carbonyl (C=O) groups excluding carboxylic acids is 2. The number of hydrogen-bond donors (Lipinski definition) is 3. The lowest BCUT2D eigenvalue weighted by Gasteiger charge is -2.34. The standard InChI is InChI=1S/C15H27N5O2.HI/c1-2-17-15(18-9-14(22)19-12-5-6-12)20-7-3-4-11(10-20)8-13(16)21;/h11-12H,2-10H2,1H3,(H2,16,21)(H,17,18)(H,19,22);1H. The zero-order valence-electron chi connectivity index (χ0n) is 13.7. The van der Waals surface area contributed by atoms with E-state index in [0.29, 0.717) is 12.5 Å². The Morgan fingerprint density at radius 3 is 2.65 bits per heavy atom. The molecule has 0 bridgehead atoms. The minimum absolute atomic E-state index is 0. The number of piperidine rings is 1. The van der Waals surface area contributed by atoms with Crippen LogP contribution in [0.15, 0.2) is 4.99 Å². The minimum Gasteiger partial charge on any atom is -0.370 e. The summed E-state index contributed by atoms with van der Waals surface area (Å²) in [4.78, 5) is 29.4. The molecule has 0 aromatic carbocycles. The number of aliphatic imine (C=N–C) groups is 1. The highest BCUT2D eigenvalue weighted by Crippen LogP contribution is 2.20. The second kappa shape index (κ2) is 9.94. The summed E-state index contributed by atoms with van der Waals surface area (Å²) in [6.45, 7) is 4.56. The molecule has 23 heavy (non-hydrogen) atoms. The van der Waals surface area contributed by atoms with E-state index in [9.17, 15) is 9.59 Å². The summed E-state index contributed by atoms with van der Waals surface area (Å²) in [7, 11) is 0. The molecule has 2 fully saturated rings. The summed E-state index contributed by atoms with van der Waals surface area (Å²) in [6, 6.07) is 0.361. The lowest BCUT2D eigenvalue weighted by Crippen LogP contribution is -2.47. The van der Waals surface area contributed by atoms with Crippen LogP contribution >= 0.6 is 24.0 Å². The van der Waals surface area contributed by atoms with Gasteiger partial charge in [-0.05, 0) is 38.5 Å². The van der Waals surface area contributed by atoms with Crippen LogP contribution in [0.2, 0.25) is 0 Å². The molecule has 1 saturated carbocycles. The van der Waals surface area contributed by atoms with Crippen LogP contribution in [0.3, 0.4) is 0 Å². The molecule has 1 atom stereocenters. The maximum atomic E-state index is 11.8. The largest absolute Gasteiger partial charge is 0.370 e. The number of guanidine groups is 1. The van der Waals surface area contributed by atoms with E-state index in [1.54, 1.807) is 0 Å². The third-order valence-electron chi connectivity index (χ3n) is 3.96. The predicted octanol–water partition coefficient (Wildman–Crippen LogP) is 0.436. The highest BCUT2D eigenvalue weighted by atomic mass is 127. The molecule has 1 saturated heterocycles. The second-order valence-electron chi connectivity index (χ2n) is 6.14. The molecule has 0 aromatic heterocycles. The van der Waals surface area contributed by atoms with Crippen molar-refractivity contribution in [3.05, 3.63) is 0 Å². The Kier molecular flexibility index (Phi) is 8.64. The molecule has 1 unspecified atom stereocenters. The van der Waals surface area contributed by atoms with Crippen LogP contribution < -0.4 is 16.4 Å². The van der Waals surface area contributed by atoms with E-state index >= 15 is 0 Å². The maximum Gasteiger partial charge on any atom is 0.242 e. The van der Waals surface area contributed by atoms with Gasteiger partial charge in [0.15, 0.2) is 5.96 Å². The Morgan fingerprint density at radius 2 is 2.04 bits per heavy atom. The summed E-state index contributed by atoms with van der Waals surface area (Å²) < 4.78 is 0. The number of nitrogens with zero attached hydrogens (tertiary/aromatic N) is 2. The van der Waals surface area contributed by atoms with Gasteiger partial charge in [-0.15, -0.1) is 24.0 Å². The number of likely N-dealkylation sites (tertiary alicyclic amines) is 1. The lowest BCUT2D eigenvalue weighted by atomic mass is 9.95. The summed E-state index contributed by atoms with van der Waals surface area (Å²) in [5, 5.41) is 6.17. The number of amides is 2. The first-order valence-electron chi connectivity index (χ1n) is 8.19. The van der Waals surface area contributed by atoms with E-state index in [4.69, 9.17) is 5.73 Å². The van der Waals surface area contributed by atoms with Gasteiger partial charge in [0.1, 0.15) is 6.54 Å². The molecule has 0 aromatic rings. The number of rotatable bonds is 6. The quantitative estimate of drug-likeness (QED) is 0.319. The van der Waals surface area contributed by atoms with E-state index in [1.165, 1.54) is 0 Å². The minimum atomic E-state index is -0.252. The van der Waals surface area contributed by atoms with Crippen LogP contribution in [0.25, 0.3) is 0 Å². The molecule has 1 heterocycles. The fourth-order valence-corrected chi connectivity index (χ4v) is 2.78. The molecule has 1 aliphatic heterocycles. The van der Waals surface area contributed by atoms with Crippen molar-refractivity contribution in [2.24, 2.45) is 16.6 Å². The van der Waals surface area contributed by atoms with Gasteiger partial charge in [0.25, 0.3) is 0 Å². The molecular weight excluding hydrogens is 409 g/mol.